The minimum atomic E-state index is 0.685. The van der Waals surface area contributed by atoms with Crippen LogP contribution in [0.1, 0.15) is 19.5 Å². The van der Waals surface area contributed by atoms with Gasteiger partial charge in [0.25, 0.3) is 0 Å². The zero-order valence-electron chi connectivity index (χ0n) is 12.2. The molecule has 1 N–H and O–H groups in total. The summed E-state index contributed by atoms with van der Waals surface area (Å²) in [4.78, 5) is 9.41. The van der Waals surface area contributed by atoms with E-state index in [1.807, 2.05) is 18.3 Å². The van der Waals surface area contributed by atoms with Crippen LogP contribution in [0.5, 0.6) is 0 Å². The van der Waals surface area contributed by atoms with Gasteiger partial charge in [0.2, 0.25) is 0 Å². The highest BCUT2D eigenvalue weighted by Crippen LogP contribution is 2.04. The van der Waals surface area contributed by atoms with Gasteiger partial charge in [0.05, 0.1) is 5.69 Å². The van der Waals surface area contributed by atoms with E-state index in [0.717, 1.165) is 25.3 Å². The Bertz CT molecular complexity index is 344. The molecule has 0 spiro atoms. The normalized spacial score (nSPS) is 18.1. The van der Waals surface area contributed by atoms with Crippen LogP contribution in [-0.4, -0.2) is 60.1 Å². The monoisotopic (exact) mass is 262 g/mol. The average Bonchev–Trinajstić information content (AvgIpc) is 2.45. The second kappa shape index (κ2) is 7.58. The molecule has 0 atom stereocenters. The molecule has 0 aliphatic carbocycles. The summed E-state index contributed by atoms with van der Waals surface area (Å²) >= 11 is 0. The number of piperazine rings is 1. The van der Waals surface area contributed by atoms with Crippen LogP contribution < -0.4 is 5.32 Å². The Morgan fingerprint density at radius 2 is 2.00 bits per heavy atom. The lowest BCUT2D eigenvalue weighted by molar-refractivity contribution is 0.109. The van der Waals surface area contributed by atoms with Crippen molar-refractivity contribution in [3.63, 3.8) is 0 Å². The van der Waals surface area contributed by atoms with Crippen LogP contribution in [0.25, 0.3) is 0 Å². The van der Waals surface area contributed by atoms with Gasteiger partial charge in [-0.15, -0.1) is 0 Å². The van der Waals surface area contributed by atoms with Crippen molar-refractivity contribution < 1.29 is 0 Å². The van der Waals surface area contributed by atoms with Gasteiger partial charge in [-0.3, -0.25) is 14.8 Å². The predicted octanol–water partition coefficient (Wildman–Crippen LogP) is 1.20. The van der Waals surface area contributed by atoms with Crippen LogP contribution in [0.15, 0.2) is 24.4 Å². The summed E-state index contributed by atoms with van der Waals surface area (Å²) in [7, 11) is 0. The fraction of sp³-hybridized carbons (Fsp3) is 0.667. The average molecular weight is 262 g/mol. The SMILES string of the molecule is CC(C)N1CCN(CCNCc2ccccn2)CC1. The number of hydrogen-bond donors (Lipinski definition) is 1. The second-order valence-electron chi connectivity index (χ2n) is 5.47. The molecular formula is C15H26N4. The first-order valence-corrected chi connectivity index (χ1v) is 7.33. The Morgan fingerprint density at radius 1 is 1.21 bits per heavy atom. The van der Waals surface area contributed by atoms with Crippen LogP contribution >= 0.6 is 0 Å². The third-order valence-corrected chi connectivity index (χ3v) is 3.77. The Kier molecular flexibility index (Phi) is 5.76. The molecule has 19 heavy (non-hydrogen) atoms. The molecule has 1 aliphatic heterocycles. The summed E-state index contributed by atoms with van der Waals surface area (Å²) in [6.07, 6.45) is 1.85. The van der Waals surface area contributed by atoms with Crippen LogP contribution in [0.4, 0.5) is 0 Å². The Morgan fingerprint density at radius 3 is 2.63 bits per heavy atom. The maximum Gasteiger partial charge on any atom is 0.0541 e. The minimum absolute atomic E-state index is 0.685. The van der Waals surface area contributed by atoms with E-state index in [4.69, 9.17) is 0 Å². The molecule has 0 saturated carbocycles. The molecule has 4 heteroatoms. The van der Waals surface area contributed by atoms with E-state index in [2.05, 4.69) is 40.0 Å². The molecule has 1 saturated heterocycles. The fourth-order valence-corrected chi connectivity index (χ4v) is 2.46. The summed E-state index contributed by atoms with van der Waals surface area (Å²) in [5.41, 5.74) is 1.12. The van der Waals surface area contributed by atoms with Crippen molar-refractivity contribution in [2.24, 2.45) is 0 Å². The smallest absolute Gasteiger partial charge is 0.0541 e. The van der Waals surface area contributed by atoms with Gasteiger partial charge in [-0.25, -0.2) is 0 Å². The van der Waals surface area contributed by atoms with Crippen molar-refractivity contribution in [2.45, 2.75) is 26.4 Å². The first kappa shape index (κ1) is 14.4. The molecule has 0 radical (unpaired) electrons. The fourth-order valence-electron chi connectivity index (χ4n) is 2.46. The molecule has 0 bridgehead atoms. The number of aromatic nitrogens is 1. The molecule has 1 aromatic rings. The Labute approximate surface area is 116 Å². The lowest BCUT2D eigenvalue weighted by Gasteiger charge is -2.36. The van der Waals surface area contributed by atoms with Crippen molar-refractivity contribution in [1.82, 2.24) is 20.1 Å². The zero-order valence-corrected chi connectivity index (χ0v) is 12.2. The lowest BCUT2D eigenvalue weighted by atomic mass is 10.2. The van der Waals surface area contributed by atoms with Gasteiger partial charge < -0.3 is 5.32 Å². The standard InChI is InChI=1S/C15H26N4/c1-14(2)19-11-9-18(10-12-19)8-7-16-13-15-5-3-4-6-17-15/h3-6,14,16H,7-13H2,1-2H3. The lowest BCUT2D eigenvalue weighted by Crippen LogP contribution is -2.50. The highest BCUT2D eigenvalue weighted by atomic mass is 15.3. The minimum Gasteiger partial charge on any atom is -0.310 e. The molecular weight excluding hydrogens is 236 g/mol. The summed E-state index contributed by atoms with van der Waals surface area (Å²) in [6.45, 7) is 12.4. The Balaban J connectivity index is 1.57. The van der Waals surface area contributed by atoms with Crippen molar-refractivity contribution in [2.75, 3.05) is 39.3 Å². The van der Waals surface area contributed by atoms with Crippen molar-refractivity contribution in [1.29, 1.82) is 0 Å². The predicted molar refractivity (Wildman–Crippen MR) is 79.1 cm³/mol. The van der Waals surface area contributed by atoms with Gasteiger partial charge in [-0.2, -0.15) is 0 Å². The van der Waals surface area contributed by atoms with Gasteiger partial charge >= 0.3 is 0 Å². The zero-order chi connectivity index (χ0) is 13.5. The van der Waals surface area contributed by atoms with E-state index in [-0.39, 0.29) is 0 Å². The maximum atomic E-state index is 4.31. The number of nitrogens with zero attached hydrogens (tertiary/aromatic N) is 3. The van der Waals surface area contributed by atoms with Crippen molar-refractivity contribution in [3.8, 4) is 0 Å². The first-order valence-electron chi connectivity index (χ1n) is 7.33. The molecule has 0 aromatic carbocycles. The van der Waals surface area contributed by atoms with E-state index in [0.29, 0.717) is 6.04 Å². The van der Waals surface area contributed by atoms with Gasteiger partial charge in [0.1, 0.15) is 0 Å². The molecule has 1 fully saturated rings. The van der Waals surface area contributed by atoms with Crippen LogP contribution in [0, 0.1) is 0 Å². The highest BCUT2D eigenvalue weighted by Gasteiger charge is 2.17. The van der Waals surface area contributed by atoms with Gasteiger partial charge in [-0.1, -0.05) is 6.07 Å². The van der Waals surface area contributed by atoms with Crippen LogP contribution in [0.2, 0.25) is 0 Å². The van der Waals surface area contributed by atoms with E-state index < -0.39 is 0 Å². The Hall–Kier alpha value is -0.970. The number of rotatable bonds is 6. The third kappa shape index (κ3) is 4.90. The highest BCUT2D eigenvalue weighted by molar-refractivity contribution is 5.02. The molecule has 2 heterocycles. The summed E-state index contributed by atoms with van der Waals surface area (Å²) in [5.74, 6) is 0. The van der Waals surface area contributed by atoms with Gasteiger partial charge in [0, 0.05) is 58.1 Å². The van der Waals surface area contributed by atoms with E-state index in [9.17, 15) is 0 Å². The van der Waals surface area contributed by atoms with E-state index in [1.54, 1.807) is 0 Å². The van der Waals surface area contributed by atoms with Crippen LogP contribution in [0.3, 0.4) is 0 Å². The second-order valence-corrected chi connectivity index (χ2v) is 5.47. The molecule has 2 rings (SSSR count). The quantitative estimate of drug-likeness (QED) is 0.781. The molecule has 1 aromatic heterocycles. The molecule has 106 valence electrons. The van der Waals surface area contributed by atoms with Crippen molar-refractivity contribution >= 4 is 0 Å². The molecule has 0 unspecified atom stereocenters. The van der Waals surface area contributed by atoms with Gasteiger partial charge in [0.15, 0.2) is 0 Å². The maximum absolute atomic E-state index is 4.31. The summed E-state index contributed by atoms with van der Waals surface area (Å²) in [6, 6.07) is 6.74. The number of hydrogen-bond acceptors (Lipinski definition) is 4. The van der Waals surface area contributed by atoms with E-state index >= 15 is 0 Å². The third-order valence-electron chi connectivity index (χ3n) is 3.77. The molecule has 0 amide bonds. The number of pyridine rings is 1. The van der Waals surface area contributed by atoms with Crippen molar-refractivity contribution in [3.05, 3.63) is 30.1 Å². The molecule has 1 aliphatic rings. The largest absolute Gasteiger partial charge is 0.310 e. The summed E-state index contributed by atoms with van der Waals surface area (Å²) < 4.78 is 0. The van der Waals surface area contributed by atoms with Gasteiger partial charge in [-0.05, 0) is 26.0 Å². The molecule has 4 nitrogen and oxygen atoms in total. The first-order chi connectivity index (χ1) is 9.25. The summed E-state index contributed by atoms with van der Waals surface area (Å²) in [5, 5.41) is 3.47. The topological polar surface area (TPSA) is 31.4 Å². The number of nitrogens with one attached hydrogen (secondary N) is 1. The van der Waals surface area contributed by atoms with Crippen LogP contribution in [-0.2, 0) is 6.54 Å². The van der Waals surface area contributed by atoms with E-state index in [1.165, 1.54) is 26.2 Å².